The highest BCUT2D eigenvalue weighted by molar-refractivity contribution is 5.68. The number of ether oxygens (including phenoxy) is 3. The van der Waals surface area contributed by atoms with Gasteiger partial charge in [-0.1, -0.05) is 51.7 Å². The third kappa shape index (κ3) is 8.18. The number of halogens is 5. The standard InChI is InChI=1S/C25H29F5O4/c1-3-5-7-8-16-32-18-12-10-17(11-13-18)19-14-15-20(23(27)22(19)26)33-24(31)34-21(9-6-4-2)25(28,29)30/h10-15,21H,3-9,16H2,1-2H3. The molecule has 0 radical (unpaired) electrons. The minimum absolute atomic E-state index is 0.108. The van der Waals surface area contributed by atoms with Crippen LogP contribution >= 0.6 is 0 Å². The molecule has 9 heteroatoms. The molecule has 0 amide bonds. The fourth-order valence-corrected chi connectivity index (χ4v) is 3.19. The maximum atomic E-state index is 14.6. The van der Waals surface area contributed by atoms with E-state index >= 15 is 0 Å². The van der Waals surface area contributed by atoms with Gasteiger partial charge in [-0.05, 0) is 49.1 Å². The second-order valence-corrected chi connectivity index (χ2v) is 7.82. The van der Waals surface area contributed by atoms with Crippen LogP contribution in [0.3, 0.4) is 0 Å². The molecule has 0 saturated carbocycles. The van der Waals surface area contributed by atoms with E-state index in [0.717, 1.165) is 31.7 Å². The first kappa shape index (κ1) is 27.4. The van der Waals surface area contributed by atoms with Crippen molar-refractivity contribution >= 4 is 6.16 Å². The van der Waals surface area contributed by atoms with Gasteiger partial charge in [0.2, 0.25) is 11.9 Å². The maximum Gasteiger partial charge on any atom is 0.514 e. The lowest BCUT2D eigenvalue weighted by Crippen LogP contribution is -2.34. The molecular weight excluding hydrogens is 459 g/mol. The average molecular weight is 488 g/mol. The van der Waals surface area contributed by atoms with E-state index in [0.29, 0.717) is 24.3 Å². The van der Waals surface area contributed by atoms with Crippen molar-refractivity contribution in [2.45, 2.75) is 71.1 Å². The van der Waals surface area contributed by atoms with Gasteiger partial charge in [0.25, 0.3) is 0 Å². The lowest BCUT2D eigenvalue weighted by atomic mass is 10.0. The number of carbonyl (C=O) groups is 1. The summed E-state index contributed by atoms with van der Waals surface area (Å²) in [5.74, 6) is -3.10. The third-order valence-corrected chi connectivity index (χ3v) is 5.10. The Bertz CT molecular complexity index is 913. The molecule has 188 valence electrons. The first-order valence-electron chi connectivity index (χ1n) is 11.3. The van der Waals surface area contributed by atoms with Crippen molar-refractivity contribution in [2.24, 2.45) is 0 Å². The Hall–Kier alpha value is -2.84. The van der Waals surface area contributed by atoms with E-state index < -0.39 is 42.2 Å². The predicted octanol–water partition coefficient (Wildman–Crippen LogP) is 8.23. The minimum Gasteiger partial charge on any atom is -0.494 e. The Morgan fingerprint density at radius 3 is 2.18 bits per heavy atom. The number of benzene rings is 2. The Morgan fingerprint density at radius 2 is 1.56 bits per heavy atom. The third-order valence-electron chi connectivity index (χ3n) is 5.10. The van der Waals surface area contributed by atoms with E-state index in [9.17, 15) is 26.7 Å². The molecule has 1 unspecified atom stereocenters. The zero-order valence-corrected chi connectivity index (χ0v) is 19.2. The van der Waals surface area contributed by atoms with Crippen molar-refractivity contribution in [2.75, 3.05) is 6.61 Å². The second-order valence-electron chi connectivity index (χ2n) is 7.82. The molecule has 2 aromatic rings. The smallest absolute Gasteiger partial charge is 0.494 e. The van der Waals surface area contributed by atoms with Gasteiger partial charge in [0.15, 0.2) is 11.6 Å². The Morgan fingerprint density at radius 1 is 0.882 bits per heavy atom. The molecule has 0 aromatic heterocycles. The monoisotopic (exact) mass is 488 g/mol. The summed E-state index contributed by atoms with van der Waals surface area (Å²) in [5, 5.41) is 0. The predicted molar refractivity (Wildman–Crippen MR) is 118 cm³/mol. The SMILES string of the molecule is CCCCCCOc1ccc(-c2ccc(OC(=O)OC(CCCC)C(F)(F)F)c(F)c2F)cc1. The van der Waals surface area contributed by atoms with E-state index in [2.05, 4.69) is 16.4 Å². The molecule has 1 atom stereocenters. The molecule has 2 rings (SSSR count). The van der Waals surface area contributed by atoms with Crippen molar-refractivity contribution in [3.63, 3.8) is 0 Å². The van der Waals surface area contributed by atoms with E-state index in [-0.39, 0.29) is 12.0 Å². The van der Waals surface area contributed by atoms with Gasteiger partial charge in [0, 0.05) is 5.56 Å². The molecule has 0 fully saturated rings. The number of carbonyl (C=O) groups excluding carboxylic acids is 1. The summed E-state index contributed by atoms with van der Waals surface area (Å²) >= 11 is 0. The Labute approximate surface area is 196 Å². The summed E-state index contributed by atoms with van der Waals surface area (Å²) in [6.45, 7) is 4.35. The number of rotatable bonds is 12. The van der Waals surface area contributed by atoms with Crippen molar-refractivity contribution in [3.05, 3.63) is 48.0 Å². The molecule has 2 aromatic carbocycles. The van der Waals surface area contributed by atoms with Gasteiger partial charge in [-0.25, -0.2) is 9.18 Å². The van der Waals surface area contributed by atoms with Gasteiger partial charge < -0.3 is 14.2 Å². The van der Waals surface area contributed by atoms with Gasteiger partial charge in [0.1, 0.15) is 5.75 Å². The number of unbranched alkanes of at least 4 members (excludes halogenated alkanes) is 4. The van der Waals surface area contributed by atoms with Crippen molar-refractivity contribution < 1.29 is 41.0 Å². The Kier molecular flexibility index (Phi) is 10.6. The van der Waals surface area contributed by atoms with Gasteiger partial charge in [-0.15, -0.1) is 0 Å². The fraction of sp³-hybridized carbons (Fsp3) is 0.480. The molecule has 0 aliphatic heterocycles. The van der Waals surface area contributed by atoms with E-state index in [1.807, 2.05) is 0 Å². The highest BCUT2D eigenvalue weighted by Gasteiger charge is 2.42. The van der Waals surface area contributed by atoms with Gasteiger partial charge in [-0.3, -0.25) is 0 Å². The molecular formula is C25H29F5O4. The van der Waals surface area contributed by atoms with Crippen LogP contribution < -0.4 is 9.47 Å². The topological polar surface area (TPSA) is 44.8 Å². The zero-order chi connectivity index (χ0) is 25.1. The van der Waals surface area contributed by atoms with Gasteiger partial charge in [-0.2, -0.15) is 17.6 Å². The van der Waals surface area contributed by atoms with E-state index in [4.69, 9.17) is 4.74 Å². The first-order valence-corrected chi connectivity index (χ1v) is 11.3. The number of hydrogen-bond donors (Lipinski definition) is 0. The fourth-order valence-electron chi connectivity index (χ4n) is 3.19. The van der Waals surface area contributed by atoms with Crippen LogP contribution in [0.2, 0.25) is 0 Å². The summed E-state index contributed by atoms with van der Waals surface area (Å²) in [6, 6.07) is 8.48. The molecule has 0 N–H and O–H groups in total. The van der Waals surface area contributed by atoms with Crippen LogP contribution in [0.1, 0.15) is 58.8 Å². The summed E-state index contributed by atoms with van der Waals surface area (Å²) in [6.07, 6.45) is -4.55. The largest absolute Gasteiger partial charge is 0.514 e. The van der Waals surface area contributed by atoms with Crippen LogP contribution in [0.15, 0.2) is 36.4 Å². The van der Waals surface area contributed by atoms with Crippen LogP contribution in [-0.2, 0) is 4.74 Å². The van der Waals surface area contributed by atoms with Gasteiger partial charge in [0.05, 0.1) is 6.61 Å². The lowest BCUT2D eigenvalue weighted by molar-refractivity contribution is -0.208. The minimum atomic E-state index is -4.80. The summed E-state index contributed by atoms with van der Waals surface area (Å²) in [4.78, 5) is 11.8. The average Bonchev–Trinajstić information content (AvgIpc) is 2.79. The van der Waals surface area contributed by atoms with Crippen molar-refractivity contribution in [1.29, 1.82) is 0 Å². The normalized spacial score (nSPS) is 12.3. The maximum absolute atomic E-state index is 14.6. The van der Waals surface area contributed by atoms with Crippen LogP contribution in [-0.4, -0.2) is 25.0 Å². The summed E-state index contributed by atoms with van der Waals surface area (Å²) < 4.78 is 82.5. The van der Waals surface area contributed by atoms with Crippen LogP contribution in [0.25, 0.3) is 11.1 Å². The van der Waals surface area contributed by atoms with Gasteiger partial charge >= 0.3 is 12.3 Å². The van der Waals surface area contributed by atoms with E-state index in [1.54, 1.807) is 31.2 Å². The van der Waals surface area contributed by atoms with Crippen molar-refractivity contribution in [3.8, 4) is 22.6 Å². The summed E-state index contributed by atoms with van der Waals surface area (Å²) in [5.41, 5.74) is 0.240. The van der Waals surface area contributed by atoms with Crippen LogP contribution in [0.5, 0.6) is 11.5 Å². The number of hydrogen-bond acceptors (Lipinski definition) is 4. The number of alkyl halides is 3. The highest BCUT2D eigenvalue weighted by Crippen LogP contribution is 2.32. The molecule has 0 bridgehead atoms. The molecule has 0 heterocycles. The first-order chi connectivity index (χ1) is 16.2. The van der Waals surface area contributed by atoms with E-state index in [1.165, 1.54) is 6.07 Å². The molecule has 0 aliphatic rings. The highest BCUT2D eigenvalue weighted by atomic mass is 19.4. The van der Waals surface area contributed by atoms with Crippen LogP contribution in [0, 0.1) is 11.6 Å². The molecule has 0 aliphatic carbocycles. The zero-order valence-electron chi connectivity index (χ0n) is 19.2. The molecule has 0 spiro atoms. The molecule has 34 heavy (non-hydrogen) atoms. The van der Waals surface area contributed by atoms with Crippen LogP contribution in [0.4, 0.5) is 26.7 Å². The molecule has 0 saturated heterocycles. The second kappa shape index (κ2) is 13.2. The molecule has 4 nitrogen and oxygen atoms in total. The lowest BCUT2D eigenvalue weighted by Gasteiger charge is -2.20. The Balaban J connectivity index is 2.04. The summed E-state index contributed by atoms with van der Waals surface area (Å²) in [7, 11) is 0. The quantitative estimate of drug-likeness (QED) is 0.131. The van der Waals surface area contributed by atoms with Crippen molar-refractivity contribution in [1.82, 2.24) is 0 Å².